The molecule has 0 saturated heterocycles. The summed E-state index contributed by atoms with van der Waals surface area (Å²) < 4.78 is 40.8. The maximum atomic E-state index is 13.5. The second-order valence-corrected chi connectivity index (χ2v) is 6.47. The van der Waals surface area contributed by atoms with Crippen molar-refractivity contribution in [1.29, 1.82) is 0 Å². The molecule has 0 heterocycles. The third-order valence-electron chi connectivity index (χ3n) is 3.47. The van der Waals surface area contributed by atoms with Crippen LogP contribution in [-0.4, -0.2) is 21.0 Å². The van der Waals surface area contributed by atoms with Gasteiger partial charge < -0.3 is 4.74 Å². The molecule has 0 spiro atoms. The number of carbonyl (C=O) groups is 1. The van der Waals surface area contributed by atoms with Gasteiger partial charge in [0.2, 0.25) is 10.0 Å². The van der Waals surface area contributed by atoms with E-state index in [1.54, 1.807) is 0 Å². The second-order valence-electron chi connectivity index (χ2n) is 4.91. The summed E-state index contributed by atoms with van der Waals surface area (Å²) in [6, 6.07) is 2.80. The van der Waals surface area contributed by atoms with Crippen molar-refractivity contribution in [3.8, 4) is 0 Å². The maximum absolute atomic E-state index is 13.5. The largest absolute Gasteiger partial charge is 0.462 e. The number of nitrogens with two attached hydrogens (primary N) is 1. The number of sulfonamides is 1. The van der Waals surface area contributed by atoms with Gasteiger partial charge in [0.25, 0.3) is 0 Å². The first-order valence-electron chi connectivity index (χ1n) is 6.37. The fourth-order valence-corrected chi connectivity index (χ4v) is 2.56. The highest BCUT2D eigenvalue weighted by Crippen LogP contribution is 2.29. The van der Waals surface area contributed by atoms with E-state index < -0.39 is 27.4 Å². The SMILES string of the molecule is NS(=O)(=O)c1ccc(F)c(C(=O)OCCC2CCC2)c1. The zero-order chi connectivity index (χ0) is 14.8. The predicted molar refractivity (Wildman–Crippen MR) is 70.0 cm³/mol. The van der Waals surface area contributed by atoms with Crippen molar-refractivity contribution in [2.24, 2.45) is 11.1 Å². The fraction of sp³-hybridized carbons (Fsp3) is 0.462. The molecular formula is C13H16FNO4S. The summed E-state index contributed by atoms with van der Waals surface area (Å²) in [7, 11) is -3.98. The normalized spacial score (nSPS) is 15.7. The predicted octanol–water partition coefficient (Wildman–Crippen LogP) is 1.82. The molecule has 20 heavy (non-hydrogen) atoms. The smallest absolute Gasteiger partial charge is 0.341 e. The molecule has 110 valence electrons. The summed E-state index contributed by atoms with van der Waals surface area (Å²) in [5.74, 6) is -1.12. The van der Waals surface area contributed by atoms with Crippen molar-refractivity contribution < 1.29 is 22.3 Å². The zero-order valence-electron chi connectivity index (χ0n) is 10.8. The van der Waals surface area contributed by atoms with Gasteiger partial charge in [0.1, 0.15) is 5.82 Å². The molecule has 7 heteroatoms. The molecule has 0 bridgehead atoms. The van der Waals surface area contributed by atoms with E-state index in [0.717, 1.165) is 37.5 Å². The molecule has 0 radical (unpaired) electrons. The highest BCUT2D eigenvalue weighted by Gasteiger charge is 2.20. The average molecular weight is 301 g/mol. The quantitative estimate of drug-likeness (QED) is 0.840. The first-order chi connectivity index (χ1) is 9.38. The summed E-state index contributed by atoms with van der Waals surface area (Å²) in [5, 5.41) is 4.94. The molecule has 2 N–H and O–H groups in total. The van der Waals surface area contributed by atoms with E-state index in [2.05, 4.69) is 0 Å². The summed E-state index contributed by atoms with van der Waals surface area (Å²) in [4.78, 5) is 11.4. The van der Waals surface area contributed by atoms with Gasteiger partial charge in [-0.1, -0.05) is 19.3 Å². The Labute approximate surface area is 117 Å². The fourth-order valence-electron chi connectivity index (χ4n) is 2.02. The van der Waals surface area contributed by atoms with Crippen LogP contribution in [-0.2, 0) is 14.8 Å². The van der Waals surface area contributed by atoms with Gasteiger partial charge in [-0.15, -0.1) is 0 Å². The van der Waals surface area contributed by atoms with Gasteiger partial charge in [-0.2, -0.15) is 0 Å². The Morgan fingerprint density at radius 1 is 1.40 bits per heavy atom. The second kappa shape index (κ2) is 5.88. The minimum atomic E-state index is -3.98. The van der Waals surface area contributed by atoms with Gasteiger partial charge in [-0.05, 0) is 30.5 Å². The number of hydrogen-bond acceptors (Lipinski definition) is 4. The zero-order valence-corrected chi connectivity index (χ0v) is 11.7. The molecule has 2 rings (SSSR count). The Balaban J connectivity index is 2.04. The van der Waals surface area contributed by atoms with Crippen molar-refractivity contribution in [3.05, 3.63) is 29.6 Å². The standard InChI is InChI=1S/C13H16FNO4S/c14-12-5-4-10(20(15,17)18)8-11(12)13(16)19-7-6-9-2-1-3-9/h4-5,8-9H,1-3,6-7H2,(H2,15,17,18). The summed E-state index contributed by atoms with van der Waals surface area (Å²) in [5.41, 5.74) is -0.412. The molecule has 1 aliphatic rings. The van der Waals surface area contributed by atoms with Crippen LogP contribution < -0.4 is 5.14 Å². The minimum absolute atomic E-state index is 0.211. The molecule has 1 aromatic carbocycles. The van der Waals surface area contributed by atoms with E-state index in [9.17, 15) is 17.6 Å². The van der Waals surface area contributed by atoms with Gasteiger partial charge in [-0.3, -0.25) is 0 Å². The van der Waals surface area contributed by atoms with Gasteiger partial charge in [0.15, 0.2) is 0 Å². The minimum Gasteiger partial charge on any atom is -0.462 e. The average Bonchev–Trinajstić information content (AvgIpc) is 2.31. The van der Waals surface area contributed by atoms with Crippen LogP contribution in [0.5, 0.6) is 0 Å². The molecule has 1 aromatic rings. The third kappa shape index (κ3) is 3.55. The van der Waals surface area contributed by atoms with Crippen molar-refractivity contribution in [3.63, 3.8) is 0 Å². The summed E-state index contributed by atoms with van der Waals surface area (Å²) in [6.07, 6.45) is 4.21. The first kappa shape index (κ1) is 14.9. The summed E-state index contributed by atoms with van der Waals surface area (Å²) in [6.45, 7) is 0.211. The number of rotatable bonds is 5. The van der Waals surface area contributed by atoms with Crippen LogP contribution in [0, 0.1) is 11.7 Å². The Bertz CT molecular complexity index is 611. The number of carbonyl (C=O) groups excluding carboxylic acids is 1. The Morgan fingerprint density at radius 3 is 2.65 bits per heavy atom. The van der Waals surface area contributed by atoms with E-state index >= 15 is 0 Å². The van der Waals surface area contributed by atoms with Crippen LogP contribution in [0.3, 0.4) is 0 Å². The van der Waals surface area contributed by atoms with E-state index in [-0.39, 0.29) is 11.5 Å². The Hall–Kier alpha value is -1.47. The Morgan fingerprint density at radius 2 is 2.10 bits per heavy atom. The van der Waals surface area contributed by atoms with Gasteiger partial charge in [-0.25, -0.2) is 22.7 Å². The molecule has 0 aliphatic heterocycles. The molecular weight excluding hydrogens is 285 g/mol. The molecule has 0 unspecified atom stereocenters. The molecule has 5 nitrogen and oxygen atoms in total. The van der Waals surface area contributed by atoms with Crippen molar-refractivity contribution >= 4 is 16.0 Å². The van der Waals surface area contributed by atoms with Crippen molar-refractivity contribution in [2.75, 3.05) is 6.61 Å². The number of esters is 1. The van der Waals surface area contributed by atoms with Crippen LogP contribution in [0.2, 0.25) is 0 Å². The van der Waals surface area contributed by atoms with Gasteiger partial charge in [0.05, 0.1) is 17.1 Å². The lowest BCUT2D eigenvalue weighted by molar-refractivity contribution is 0.0458. The highest BCUT2D eigenvalue weighted by molar-refractivity contribution is 7.89. The van der Waals surface area contributed by atoms with Crippen LogP contribution >= 0.6 is 0 Å². The Kier molecular flexibility index (Phi) is 4.39. The third-order valence-corrected chi connectivity index (χ3v) is 4.38. The highest BCUT2D eigenvalue weighted by atomic mass is 32.2. The number of benzene rings is 1. The monoisotopic (exact) mass is 301 g/mol. The van der Waals surface area contributed by atoms with Gasteiger partial charge in [0, 0.05) is 0 Å². The van der Waals surface area contributed by atoms with E-state index in [0.29, 0.717) is 5.92 Å². The van der Waals surface area contributed by atoms with E-state index in [4.69, 9.17) is 9.88 Å². The topological polar surface area (TPSA) is 86.5 Å². The number of hydrogen-bond donors (Lipinski definition) is 1. The van der Waals surface area contributed by atoms with E-state index in [1.165, 1.54) is 6.42 Å². The molecule has 1 aliphatic carbocycles. The first-order valence-corrected chi connectivity index (χ1v) is 7.92. The lowest BCUT2D eigenvalue weighted by Crippen LogP contribution is -2.17. The van der Waals surface area contributed by atoms with Crippen molar-refractivity contribution in [2.45, 2.75) is 30.6 Å². The van der Waals surface area contributed by atoms with Gasteiger partial charge >= 0.3 is 5.97 Å². The lowest BCUT2D eigenvalue weighted by atomic mass is 9.83. The van der Waals surface area contributed by atoms with Crippen LogP contribution in [0.15, 0.2) is 23.1 Å². The molecule has 1 saturated carbocycles. The molecule has 1 fully saturated rings. The molecule has 0 aromatic heterocycles. The maximum Gasteiger partial charge on any atom is 0.341 e. The summed E-state index contributed by atoms with van der Waals surface area (Å²) >= 11 is 0. The number of ether oxygens (including phenoxy) is 1. The molecule has 0 amide bonds. The lowest BCUT2D eigenvalue weighted by Gasteiger charge is -2.24. The number of primary sulfonamides is 1. The van der Waals surface area contributed by atoms with E-state index in [1.807, 2.05) is 0 Å². The van der Waals surface area contributed by atoms with Crippen molar-refractivity contribution in [1.82, 2.24) is 0 Å². The van der Waals surface area contributed by atoms with Crippen LogP contribution in [0.4, 0.5) is 4.39 Å². The van der Waals surface area contributed by atoms with Crippen LogP contribution in [0.1, 0.15) is 36.0 Å². The number of halogens is 1. The molecule has 0 atom stereocenters. The van der Waals surface area contributed by atoms with Crippen LogP contribution in [0.25, 0.3) is 0 Å².